The Bertz CT molecular complexity index is 447. The fourth-order valence-corrected chi connectivity index (χ4v) is 2.07. The van der Waals surface area contributed by atoms with Gasteiger partial charge in [-0.1, -0.05) is 0 Å². The summed E-state index contributed by atoms with van der Waals surface area (Å²) in [5, 5.41) is 24.7. The Hall–Kier alpha value is -0.340. The molecular weight excluding hydrogens is 340 g/mol. The Balaban J connectivity index is 3.64. The highest BCUT2D eigenvalue weighted by atomic mass is 32.2. The van der Waals surface area contributed by atoms with Gasteiger partial charge in [0.15, 0.2) is 0 Å². The smallest absolute Gasteiger partial charge is 0.264 e. The highest BCUT2D eigenvalue weighted by Gasteiger charge is 2.15. The van der Waals surface area contributed by atoms with Crippen LogP contribution in [0.5, 0.6) is 0 Å². The van der Waals surface area contributed by atoms with Gasteiger partial charge in [-0.25, -0.2) is 0 Å². The zero-order valence-electron chi connectivity index (χ0n) is 12.6. The number of rotatable bonds is 13. The maximum absolute atomic E-state index is 10.7. The summed E-state index contributed by atoms with van der Waals surface area (Å²) in [7, 11) is -6.97. The van der Waals surface area contributed by atoms with Crippen LogP contribution in [0, 0.1) is 0 Å². The van der Waals surface area contributed by atoms with Crippen LogP contribution in [0.2, 0.25) is 0 Å². The third-order valence-electron chi connectivity index (χ3n) is 2.30. The molecule has 0 aromatic rings. The minimum atomic E-state index is -3.49. The molecule has 0 heterocycles. The van der Waals surface area contributed by atoms with Gasteiger partial charge in [-0.3, -0.25) is 8.37 Å². The van der Waals surface area contributed by atoms with Crippen molar-refractivity contribution in [2.24, 2.45) is 0 Å². The second kappa shape index (κ2) is 10.4. The molecule has 0 aliphatic heterocycles. The average molecular weight is 364 g/mol. The molecule has 0 rings (SSSR count). The van der Waals surface area contributed by atoms with Gasteiger partial charge in [0.25, 0.3) is 20.2 Å². The zero-order chi connectivity index (χ0) is 17.2. The fourth-order valence-electron chi connectivity index (χ4n) is 1.30. The van der Waals surface area contributed by atoms with E-state index in [1.807, 2.05) is 0 Å². The normalized spacial score (nSPS) is 15.6. The van der Waals surface area contributed by atoms with E-state index >= 15 is 0 Å². The van der Waals surface area contributed by atoms with E-state index in [0.29, 0.717) is 0 Å². The van der Waals surface area contributed by atoms with E-state index in [1.165, 1.54) is 0 Å². The molecule has 134 valence electrons. The van der Waals surface area contributed by atoms with Crippen molar-refractivity contribution in [1.82, 2.24) is 10.6 Å². The predicted octanol–water partition coefficient (Wildman–Crippen LogP) is -3.16. The largest absolute Gasteiger partial charge is 0.389 e. The summed E-state index contributed by atoms with van der Waals surface area (Å²) in [6.07, 6.45) is -0.265. The van der Waals surface area contributed by atoms with E-state index in [4.69, 9.17) is 0 Å². The highest BCUT2D eigenvalue weighted by Crippen LogP contribution is 1.92. The standard InChI is InChI=1S/C10H24N2O8S2/c1-21(15,16)19-5-3-11-7-9(13)10(14)8-12-4-6-20-22(2,17)18/h9-14H,3-8H2,1-2H3/t9-,10-/m1/s1. The molecule has 0 spiro atoms. The molecule has 0 aliphatic carbocycles. The summed E-state index contributed by atoms with van der Waals surface area (Å²) < 4.78 is 51.7. The first-order chi connectivity index (χ1) is 10.0. The molecule has 0 fully saturated rings. The van der Waals surface area contributed by atoms with Crippen molar-refractivity contribution in [2.45, 2.75) is 12.2 Å². The van der Waals surface area contributed by atoms with Crippen LogP contribution in [0.4, 0.5) is 0 Å². The topological polar surface area (TPSA) is 151 Å². The molecule has 0 bridgehead atoms. The van der Waals surface area contributed by atoms with Crippen LogP contribution in [0.15, 0.2) is 0 Å². The Morgan fingerprint density at radius 3 is 1.41 bits per heavy atom. The van der Waals surface area contributed by atoms with Crippen LogP contribution < -0.4 is 10.6 Å². The molecule has 0 aromatic heterocycles. The average Bonchev–Trinajstić information content (AvgIpc) is 2.34. The second-order valence-electron chi connectivity index (χ2n) is 4.60. The van der Waals surface area contributed by atoms with E-state index in [-0.39, 0.29) is 39.4 Å². The Kier molecular flexibility index (Phi) is 10.3. The first-order valence-corrected chi connectivity index (χ1v) is 10.1. The van der Waals surface area contributed by atoms with Gasteiger partial charge in [-0.15, -0.1) is 0 Å². The molecule has 0 aliphatic rings. The van der Waals surface area contributed by atoms with E-state index < -0.39 is 32.4 Å². The van der Waals surface area contributed by atoms with Crippen molar-refractivity contribution < 1.29 is 35.4 Å². The van der Waals surface area contributed by atoms with Crippen LogP contribution in [0.3, 0.4) is 0 Å². The van der Waals surface area contributed by atoms with Crippen molar-refractivity contribution in [1.29, 1.82) is 0 Å². The number of aliphatic hydroxyl groups is 2. The fraction of sp³-hybridized carbons (Fsp3) is 1.00. The van der Waals surface area contributed by atoms with Crippen LogP contribution in [-0.4, -0.2) is 91.2 Å². The van der Waals surface area contributed by atoms with Gasteiger partial charge in [0, 0.05) is 26.2 Å². The number of hydrogen-bond donors (Lipinski definition) is 4. The Morgan fingerprint density at radius 2 is 1.14 bits per heavy atom. The van der Waals surface area contributed by atoms with Crippen molar-refractivity contribution >= 4 is 20.2 Å². The van der Waals surface area contributed by atoms with Crippen molar-refractivity contribution in [3.8, 4) is 0 Å². The lowest BCUT2D eigenvalue weighted by Crippen LogP contribution is -2.43. The van der Waals surface area contributed by atoms with Gasteiger partial charge in [0.1, 0.15) is 0 Å². The molecule has 22 heavy (non-hydrogen) atoms. The monoisotopic (exact) mass is 364 g/mol. The lowest BCUT2D eigenvalue weighted by molar-refractivity contribution is 0.0203. The summed E-state index contributed by atoms with van der Waals surface area (Å²) >= 11 is 0. The van der Waals surface area contributed by atoms with Gasteiger partial charge in [-0.05, 0) is 0 Å². The molecule has 0 saturated heterocycles. The summed E-state index contributed by atoms with van der Waals surface area (Å²) in [6.45, 7) is 0.371. The first kappa shape index (κ1) is 21.7. The first-order valence-electron chi connectivity index (χ1n) is 6.47. The number of aliphatic hydroxyl groups excluding tert-OH is 2. The van der Waals surface area contributed by atoms with E-state index in [9.17, 15) is 27.0 Å². The van der Waals surface area contributed by atoms with Gasteiger partial charge < -0.3 is 20.8 Å². The van der Waals surface area contributed by atoms with Gasteiger partial charge in [-0.2, -0.15) is 16.8 Å². The molecule has 0 aromatic carbocycles. The van der Waals surface area contributed by atoms with Crippen molar-refractivity contribution in [2.75, 3.05) is 51.9 Å². The molecule has 0 amide bonds. The van der Waals surface area contributed by atoms with Crippen LogP contribution in [0.1, 0.15) is 0 Å². The lowest BCUT2D eigenvalue weighted by Gasteiger charge is -2.18. The van der Waals surface area contributed by atoms with Crippen LogP contribution >= 0.6 is 0 Å². The van der Waals surface area contributed by atoms with Crippen LogP contribution in [0.25, 0.3) is 0 Å². The molecule has 4 N–H and O–H groups in total. The predicted molar refractivity (Wildman–Crippen MR) is 79.3 cm³/mol. The maximum atomic E-state index is 10.7. The number of nitrogens with one attached hydrogen (secondary N) is 2. The molecule has 0 unspecified atom stereocenters. The highest BCUT2D eigenvalue weighted by molar-refractivity contribution is 7.86. The molecule has 10 nitrogen and oxygen atoms in total. The quantitative estimate of drug-likeness (QED) is 0.195. The molecule has 0 saturated carbocycles. The Labute approximate surface area is 131 Å². The summed E-state index contributed by atoms with van der Waals surface area (Å²) in [6, 6.07) is 0. The number of hydrogen-bond acceptors (Lipinski definition) is 10. The second-order valence-corrected chi connectivity index (χ2v) is 7.88. The third-order valence-corrected chi connectivity index (χ3v) is 3.49. The van der Waals surface area contributed by atoms with E-state index in [1.54, 1.807) is 0 Å². The minimum Gasteiger partial charge on any atom is -0.389 e. The zero-order valence-corrected chi connectivity index (χ0v) is 14.2. The van der Waals surface area contributed by atoms with Crippen LogP contribution in [-0.2, 0) is 28.6 Å². The van der Waals surface area contributed by atoms with E-state index in [2.05, 4.69) is 19.0 Å². The van der Waals surface area contributed by atoms with Gasteiger partial charge in [0.05, 0.1) is 37.9 Å². The molecular formula is C10H24N2O8S2. The summed E-state index contributed by atoms with van der Waals surface area (Å²) in [5.74, 6) is 0. The minimum absolute atomic E-state index is 0.0514. The molecule has 0 radical (unpaired) electrons. The lowest BCUT2D eigenvalue weighted by atomic mass is 10.2. The van der Waals surface area contributed by atoms with Gasteiger partial charge >= 0.3 is 0 Å². The summed E-state index contributed by atoms with van der Waals surface area (Å²) in [5.41, 5.74) is 0. The molecule has 12 heteroatoms. The molecule has 2 atom stereocenters. The SMILES string of the molecule is CS(=O)(=O)OCCNC[C@@H](O)[C@H](O)CNCCOS(C)(=O)=O. The van der Waals surface area contributed by atoms with E-state index in [0.717, 1.165) is 12.5 Å². The summed E-state index contributed by atoms with van der Waals surface area (Å²) in [4.78, 5) is 0. The third kappa shape index (κ3) is 14.6. The Morgan fingerprint density at radius 1 is 0.818 bits per heavy atom. The van der Waals surface area contributed by atoms with Gasteiger partial charge in [0.2, 0.25) is 0 Å². The maximum Gasteiger partial charge on any atom is 0.264 e. The van der Waals surface area contributed by atoms with Crippen molar-refractivity contribution in [3.63, 3.8) is 0 Å². The van der Waals surface area contributed by atoms with Crippen molar-refractivity contribution in [3.05, 3.63) is 0 Å².